The summed E-state index contributed by atoms with van der Waals surface area (Å²) in [6.07, 6.45) is 1.32. The van der Waals surface area contributed by atoms with Gasteiger partial charge in [-0.25, -0.2) is 0 Å². The van der Waals surface area contributed by atoms with Gasteiger partial charge in [0.15, 0.2) is 5.96 Å². The molecule has 0 saturated carbocycles. The highest BCUT2D eigenvalue weighted by Crippen LogP contribution is 2.21. The highest BCUT2D eigenvalue weighted by atomic mass is 15.3. The van der Waals surface area contributed by atoms with Gasteiger partial charge in [-0.15, -0.1) is 0 Å². The van der Waals surface area contributed by atoms with Crippen molar-refractivity contribution in [2.75, 3.05) is 34.2 Å². The van der Waals surface area contributed by atoms with Gasteiger partial charge in [-0.2, -0.15) is 0 Å². The number of benzene rings is 1. The number of piperidine rings is 1. The molecule has 1 fully saturated rings. The second-order valence-corrected chi connectivity index (χ2v) is 7.31. The molecule has 0 amide bonds. The summed E-state index contributed by atoms with van der Waals surface area (Å²) in [6, 6.07) is 8.79. The zero-order chi connectivity index (χ0) is 16.8. The van der Waals surface area contributed by atoms with Gasteiger partial charge in [0, 0.05) is 33.2 Å². The maximum absolute atomic E-state index is 4.49. The summed E-state index contributed by atoms with van der Waals surface area (Å²) in [4.78, 5) is 9.09. The molecule has 0 aliphatic carbocycles. The minimum Gasteiger partial charge on any atom is -0.352 e. The van der Waals surface area contributed by atoms with Crippen molar-refractivity contribution in [1.29, 1.82) is 0 Å². The Kier molecular flexibility index (Phi) is 6.46. The fourth-order valence-electron chi connectivity index (χ4n) is 3.55. The van der Waals surface area contributed by atoms with Gasteiger partial charge >= 0.3 is 0 Å². The first kappa shape index (κ1) is 17.8. The SMILES string of the molecule is CN=C(NCc1cccc(CN(C)C)c1)N1CC(C)CC(C)C1. The van der Waals surface area contributed by atoms with Crippen molar-refractivity contribution in [3.63, 3.8) is 0 Å². The van der Waals surface area contributed by atoms with E-state index in [9.17, 15) is 0 Å². The number of likely N-dealkylation sites (tertiary alicyclic amines) is 1. The first-order valence-electron chi connectivity index (χ1n) is 8.66. The molecule has 0 aromatic heterocycles. The Bertz CT molecular complexity index is 514. The molecule has 0 spiro atoms. The lowest BCUT2D eigenvalue weighted by Crippen LogP contribution is -2.48. The summed E-state index contributed by atoms with van der Waals surface area (Å²) >= 11 is 0. The lowest BCUT2D eigenvalue weighted by Gasteiger charge is -2.37. The third kappa shape index (κ3) is 5.54. The summed E-state index contributed by atoms with van der Waals surface area (Å²) in [7, 11) is 6.09. The third-order valence-electron chi connectivity index (χ3n) is 4.32. The molecule has 4 nitrogen and oxygen atoms in total. The average Bonchev–Trinajstić information content (AvgIpc) is 2.46. The molecular weight excluding hydrogens is 284 g/mol. The van der Waals surface area contributed by atoms with Gasteiger partial charge in [-0.1, -0.05) is 38.1 Å². The van der Waals surface area contributed by atoms with E-state index in [0.717, 1.165) is 44.0 Å². The molecule has 0 radical (unpaired) electrons. The predicted molar refractivity (Wildman–Crippen MR) is 98.5 cm³/mol. The monoisotopic (exact) mass is 316 g/mol. The number of guanidine groups is 1. The highest BCUT2D eigenvalue weighted by molar-refractivity contribution is 5.80. The van der Waals surface area contributed by atoms with Crippen LogP contribution in [-0.4, -0.2) is 50.0 Å². The third-order valence-corrected chi connectivity index (χ3v) is 4.32. The van der Waals surface area contributed by atoms with Crippen LogP contribution in [0, 0.1) is 11.8 Å². The van der Waals surface area contributed by atoms with Gasteiger partial charge in [-0.05, 0) is 43.5 Å². The average molecular weight is 316 g/mol. The van der Waals surface area contributed by atoms with Gasteiger partial charge in [0.05, 0.1) is 0 Å². The standard InChI is InChI=1S/C19H32N4/c1-15-9-16(2)13-23(12-15)19(20-3)21-11-17-7-6-8-18(10-17)14-22(4)5/h6-8,10,15-16H,9,11-14H2,1-5H3,(H,20,21). The molecule has 128 valence electrons. The Hall–Kier alpha value is -1.55. The fourth-order valence-corrected chi connectivity index (χ4v) is 3.55. The minimum absolute atomic E-state index is 0.737. The molecule has 2 atom stereocenters. The van der Waals surface area contributed by atoms with Gasteiger partial charge in [0.1, 0.15) is 0 Å². The number of aliphatic imine (C=N–C) groups is 1. The molecule has 0 bridgehead atoms. The normalized spacial score (nSPS) is 22.5. The molecular formula is C19H32N4. The fraction of sp³-hybridized carbons (Fsp3) is 0.632. The number of rotatable bonds is 4. The predicted octanol–water partition coefficient (Wildman–Crippen LogP) is 2.80. The summed E-state index contributed by atoms with van der Waals surface area (Å²) in [5.74, 6) is 2.50. The Morgan fingerprint density at radius 1 is 1.22 bits per heavy atom. The molecule has 1 aliphatic heterocycles. The maximum Gasteiger partial charge on any atom is 0.193 e. The Labute approximate surface area is 141 Å². The van der Waals surface area contributed by atoms with Crippen LogP contribution in [0.5, 0.6) is 0 Å². The smallest absolute Gasteiger partial charge is 0.193 e. The van der Waals surface area contributed by atoms with Crippen LogP contribution in [0.4, 0.5) is 0 Å². The van der Waals surface area contributed by atoms with Crippen LogP contribution in [0.15, 0.2) is 29.3 Å². The van der Waals surface area contributed by atoms with Crippen LogP contribution in [-0.2, 0) is 13.1 Å². The quantitative estimate of drug-likeness (QED) is 0.684. The van der Waals surface area contributed by atoms with Crippen LogP contribution in [0.1, 0.15) is 31.4 Å². The van der Waals surface area contributed by atoms with Gasteiger partial charge in [0.2, 0.25) is 0 Å². The van der Waals surface area contributed by atoms with E-state index in [1.54, 1.807) is 0 Å². The largest absolute Gasteiger partial charge is 0.352 e. The van der Waals surface area contributed by atoms with Crippen LogP contribution < -0.4 is 5.32 Å². The number of nitrogens with one attached hydrogen (secondary N) is 1. The Morgan fingerprint density at radius 3 is 2.48 bits per heavy atom. The number of nitrogens with zero attached hydrogens (tertiary/aromatic N) is 3. The van der Waals surface area contributed by atoms with Crippen LogP contribution in [0.25, 0.3) is 0 Å². The van der Waals surface area contributed by atoms with Crippen molar-refractivity contribution in [3.05, 3.63) is 35.4 Å². The summed E-state index contributed by atoms with van der Waals surface area (Å²) in [6.45, 7) is 8.67. The zero-order valence-electron chi connectivity index (χ0n) is 15.3. The van der Waals surface area contributed by atoms with E-state index in [-0.39, 0.29) is 0 Å². The van der Waals surface area contributed by atoms with Crippen LogP contribution in [0.3, 0.4) is 0 Å². The van der Waals surface area contributed by atoms with E-state index in [2.05, 4.69) is 72.3 Å². The van der Waals surface area contributed by atoms with Crippen molar-refractivity contribution in [3.8, 4) is 0 Å². The molecule has 2 rings (SSSR count). The zero-order valence-corrected chi connectivity index (χ0v) is 15.3. The van der Waals surface area contributed by atoms with Crippen molar-refractivity contribution in [2.24, 2.45) is 16.8 Å². The van der Waals surface area contributed by atoms with Crippen LogP contribution in [0.2, 0.25) is 0 Å². The second kappa shape index (κ2) is 8.34. The molecule has 1 N–H and O–H groups in total. The first-order chi connectivity index (χ1) is 11.0. The van der Waals surface area contributed by atoms with Crippen molar-refractivity contribution in [2.45, 2.75) is 33.4 Å². The van der Waals surface area contributed by atoms with Crippen molar-refractivity contribution in [1.82, 2.24) is 15.1 Å². The number of hydrogen-bond acceptors (Lipinski definition) is 2. The molecule has 4 heteroatoms. The van der Waals surface area contributed by atoms with Crippen LogP contribution >= 0.6 is 0 Å². The number of hydrogen-bond donors (Lipinski definition) is 1. The molecule has 1 aromatic rings. The molecule has 1 heterocycles. The lowest BCUT2D eigenvalue weighted by molar-refractivity contribution is 0.208. The van der Waals surface area contributed by atoms with Gasteiger partial charge < -0.3 is 15.1 Å². The maximum atomic E-state index is 4.49. The lowest BCUT2D eigenvalue weighted by atomic mass is 9.92. The molecule has 1 aromatic carbocycles. The van der Waals surface area contributed by atoms with Crippen molar-refractivity contribution < 1.29 is 0 Å². The highest BCUT2D eigenvalue weighted by Gasteiger charge is 2.23. The summed E-state index contributed by atoms with van der Waals surface area (Å²) < 4.78 is 0. The second-order valence-electron chi connectivity index (χ2n) is 7.31. The molecule has 1 saturated heterocycles. The van der Waals surface area contributed by atoms with E-state index in [4.69, 9.17) is 0 Å². The van der Waals surface area contributed by atoms with Gasteiger partial charge in [0.25, 0.3) is 0 Å². The summed E-state index contributed by atoms with van der Waals surface area (Å²) in [5.41, 5.74) is 2.66. The first-order valence-corrected chi connectivity index (χ1v) is 8.66. The summed E-state index contributed by atoms with van der Waals surface area (Å²) in [5, 5.41) is 3.54. The van der Waals surface area contributed by atoms with Crippen molar-refractivity contribution >= 4 is 5.96 Å². The molecule has 1 aliphatic rings. The van der Waals surface area contributed by atoms with E-state index < -0.39 is 0 Å². The minimum atomic E-state index is 0.737. The van der Waals surface area contributed by atoms with E-state index in [1.165, 1.54) is 17.5 Å². The Morgan fingerprint density at radius 2 is 1.87 bits per heavy atom. The van der Waals surface area contributed by atoms with E-state index in [1.807, 2.05) is 7.05 Å². The Balaban J connectivity index is 1.95. The molecule has 2 unspecified atom stereocenters. The molecule has 23 heavy (non-hydrogen) atoms. The van der Waals surface area contributed by atoms with E-state index in [0.29, 0.717) is 0 Å². The topological polar surface area (TPSA) is 30.9 Å². The van der Waals surface area contributed by atoms with E-state index >= 15 is 0 Å². The van der Waals surface area contributed by atoms with Gasteiger partial charge in [-0.3, -0.25) is 4.99 Å².